The molecule has 5 rings (SSSR count). The third kappa shape index (κ3) is 10.9. The molecule has 3 aromatic rings. The lowest BCUT2D eigenvalue weighted by atomic mass is 9.76. The zero-order valence-electron chi connectivity index (χ0n) is 35.6. The highest BCUT2D eigenvalue weighted by Crippen LogP contribution is 2.51. The summed E-state index contributed by atoms with van der Waals surface area (Å²) in [7, 11) is -19.1. The van der Waals surface area contributed by atoms with E-state index in [2.05, 4.69) is 4.74 Å². The van der Waals surface area contributed by atoms with E-state index < -0.39 is 113 Å². The van der Waals surface area contributed by atoms with Crippen LogP contribution < -0.4 is 9.64 Å². The number of carbonyl (C=O) groups is 1. The molecule has 0 fully saturated rings. The first-order valence-corrected chi connectivity index (χ1v) is 25.8. The van der Waals surface area contributed by atoms with E-state index >= 15 is 0 Å². The maximum absolute atomic E-state index is 14.5. The minimum absolute atomic E-state index is 0.0265. The van der Waals surface area contributed by atoms with Crippen molar-refractivity contribution in [2.75, 3.05) is 37.5 Å². The van der Waals surface area contributed by atoms with Crippen molar-refractivity contribution in [3.8, 4) is 5.75 Å². The number of methoxy groups -OCH3 is 1. The molecule has 0 N–H and O–H groups in total. The Morgan fingerprint density at radius 3 is 1.89 bits per heavy atom. The number of esters is 1. The number of ether oxygens (including phenoxy) is 2. The van der Waals surface area contributed by atoms with Crippen molar-refractivity contribution in [2.24, 2.45) is 0 Å². The molecule has 0 radical (unpaired) electrons. The Kier molecular flexibility index (Phi) is 15.5. The van der Waals surface area contributed by atoms with Crippen LogP contribution in [0.5, 0.6) is 5.75 Å². The summed E-state index contributed by atoms with van der Waals surface area (Å²) in [6.45, 7) is 5.94. The van der Waals surface area contributed by atoms with Gasteiger partial charge in [-0.25, -0.2) is 42.5 Å². The summed E-state index contributed by atoms with van der Waals surface area (Å²) in [6, 6.07) is 7.68. The number of hydrogen-bond donors (Lipinski definition) is 0. The Morgan fingerprint density at radius 2 is 1.35 bits per heavy atom. The number of hydrogen-bond acceptors (Lipinski definition) is 16. The second kappa shape index (κ2) is 19.6. The monoisotopic (exact) mass is 1010 g/mol. The van der Waals surface area contributed by atoms with Gasteiger partial charge in [0.1, 0.15) is 41.8 Å². The van der Waals surface area contributed by atoms with Gasteiger partial charge in [0.05, 0.1) is 25.3 Å². The van der Waals surface area contributed by atoms with Crippen LogP contribution in [0.15, 0.2) is 75.0 Å². The van der Waals surface area contributed by atoms with Crippen LogP contribution in [0.3, 0.4) is 0 Å². The van der Waals surface area contributed by atoms with Crippen LogP contribution in [0.1, 0.15) is 76.8 Å². The highest BCUT2D eigenvalue weighted by molar-refractivity contribution is 7.86. The second-order valence-corrected chi connectivity index (χ2v) is 21.5. The van der Waals surface area contributed by atoms with Gasteiger partial charge in [0, 0.05) is 73.4 Å². The molecule has 0 bridgehead atoms. The van der Waals surface area contributed by atoms with Crippen molar-refractivity contribution in [3.05, 3.63) is 94.7 Å². The van der Waals surface area contributed by atoms with Crippen molar-refractivity contribution in [3.63, 3.8) is 0 Å². The minimum atomic E-state index is -6.00. The zero-order chi connectivity index (χ0) is 49.4. The predicted molar refractivity (Wildman–Crippen MR) is 222 cm³/mol. The lowest BCUT2D eigenvalue weighted by Crippen LogP contribution is -2.33. The van der Waals surface area contributed by atoms with Gasteiger partial charge in [0.15, 0.2) is 17.3 Å². The Labute approximate surface area is 379 Å². The minimum Gasteiger partial charge on any atom is -0.748 e. The maximum Gasteiger partial charge on any atom is 0.311 e. The Hall–Kier alpha value is -4.60. The molecule has 0 spiro atoms. The summed E-state index contributed by atoms with van der Waals surface area (Å²) in [6.07, 6.45) is 5.10. The van der Waals surface area contributed by atoms with Gasteiger partial charge in [-0.3, -0.25) is 4.79 Å². The topological polar surface area (TPSA) is 271 Å². The highest BCUT2D eigenvalue weighted by Gasteiger charge is 2.48. The molecule has 0 aliphatic carbocycles. The summed E-state index contributed by atoms with van der Waals surface area (Å²) in [5.41, 5.74) is 0.775. The molecule has 2 aliphatic heterocycles. The lowest BCUT2D eigenvalue weighted by molar-refractivity contribution is -0.438. The number of anilines is 1. The molecular weight excluding hydrogens is 965 g/mol. The number of fused-ring (bicyclic) bond motifs is 2. The van der Waals surface area contributed by atoms with Gasteiger partial charge in [0.2, 0.25) is 23.1 Å². The number of benzene rings is 3. The first kappa shape index (κ1) is 52.4. The molecular formula is C41H43F4N2O15S4-3. The number of likely N-dealkylation sites (N-methyl/N-ethyl adjacent to an activating group) is 1. The van der Waals surface area contributed by atoms with Gasteiger partial charge in [-0.15, -0.1) is 0 Å². The van der Waals surface area contributed by atoms with E-state index in [0.29, 0.717) is 40.5 Å². The number of halogens is 4. The van der Waals surface area contributed by atoms with Crippen molar-refractivity contribution in [1.29, 1.82) is 0 Å². The maximum atomic E-state index is 14.5. The van der Waals surface area contributed by atoms with E-state index in [4.69, 9.17) is 4.74 Å². The number of allylic oxidation sites excluding steroid dienone is 4. The van der Waals surface area contributed by atoms with E-state index in [1.165, 1.54) is 31.4 Å². The van der Waals surface area contributed by atoms with Crippen molar-refractivity contribution < 1.29 is 88.3 Å². The molecule has 17 nitrogen and oxygen atoms in total. The molecule has 0 amide bonds. The molecule has 2 unspecified atom stereocenters. The molecule has 0 saturated heterocycles. The molecule has 66 heavy (non-hydrogen) atoms. The van der Waals surface area contributed by atoms with Crippen LogP contribution >= 0.6 is 0 Å². The molecule has 2 atom stereocenters. The SMILES string of the molecule is CCN1/C(=C/C=C/C2=[N+](CCCCCC(=O)Oc3c(F)c(F)c(S(=O)(=O)[O-])c(F)c3F)c3ccc(S(=O)(=O)[O-])cc3C2(C)CCOC)C(C)(CCCS(=O)(=O)[O-])c2cc(S(=O)(=O)[O-])ccc21. The number of nitrogens with zero attached hydrogens (tertiary/aromatic N) is 2. The summed E-state index contributed by atoms with van der Waals surface area (Å²) in [4.78, 5) is 10.9. The second-order valence-electron chi connectivity index (χ2n) is 15.9. The summed E-state index contributed by atoms with van der Waals surface area (Å²) in [5, 5.41) is 0. The van der Waals surface area contributed by atoms with Crippen molar-refractivity contribution >= 4 is 63.5 Å². The van der Waals surface area contributed by atoms with Crippen LogP contribution in [0.25, 0.3) is 0 Å². The van der Waals surface area contributed by atoms with Gasteiger partial charge >= 0.3 is 5.97 Å². The van der Waals surface area contributed by atoms with Crippen molar-refractivity contribution in [2.45, 2.75) is 91.2 Å². The fourth-order valence-electron chi connectivity index (χ4n) is 8.40. The average Bonchev–Trinajstić information content (AvgIpc) is 3.58. The Morgan fingerprint density at radius 1 is 0.758 bits per heavy atom. The van der Waals surface area contributed by atoms with Crippen LogP contribution in [0, 0.1) is 23.3 Å². The van der Waals surface area contributed by atoms with Crippen LogP contribution in [-0.4, -0.2) is 101 Å². The van der Waals surface area contributed by atoms with Crippen LogP contribution in [0.2, 0.25) is 0 Å². The number of carbonyl (C=O) groups excluding carboxylic acids is 1. The van der Waals surface area contributed by atoms with Gasteiger partial charge in [-0.05, 0) is 94.8 Å². The van der Waals surface area contributed by atoms with E-state index in [1.807, 2.05) is 9.48 Å². The standard InChI is InChI=1S/C41H46F4N2O15S4/c1-5-46-29-16-14-25(64(52,53)54)23-27(29)40(2,18-10-22-63(49,50)51)31(46)11-9-12-32-41(3,19-21-61-4)28-24-26(65(55,56)57)15-17-30(28)47(32)20-8-6-7-13-33(48)62-38-34(42)36(44)39(66(58,59)60)37(45)35(38)43/h9,11-12,14-17,23-24H,5-8,10,13,18-22H2,1-4H3,(H3-,49,50,51,52,53,54,55,56,57,58,59,60)/p-3. The zero-order valence-corrected chi connectivity index (χ0v) is 38.9. The molecule has 3 aromatic carbocycles. The van der Waals surface area contributed by atoms with Gasteiger partial charge in [-0.2, -0.15) is 13.4 Å². The molecule has 2 aliphatic rings. The first-order chi connectivity index (χ1) is 30.5. The fraction of sp³-hybridized carbons (Fsp3) is 0.415. The molecule has 0 saturated carbocycles. The fourth-order valence-corrected chi connectivity index (χ4v) is 10.5. The lowest BCUT2D eigenvalue weighted by Gasteiger charge is -2.30. The van der Waals surface area contributed by atoms with E-state index in [9.17, 15) is 74.2 Å². The number of rotatable bonds is 20. The quantitative estimate of drug-likeness (QED) is 0.0272. The summed E-state index contributed by atoms with van der Waals surface area (Å²) in [5.74, 6) is -13.9. The highest BCUT2D eigenvalue weighted by atomic mass is 32.2. The third-order valence-corrected chi connectivity index (χ3v) is 14.9. The Bertz CT molecular complexity index is 2970. The predicted octanol–water partition coefficient (Wildman–Crippen LogP) is 5.08. The summed E-state index contributed by atoms with van der Waals surface area (Å²) < 4.78 is 210. The van der Waals surface area contributed by atoms with E-state index in [1.54, 1.807) is 39.0 Å². The molecule has 25 heteroatoms. The van der Waals surface area contributed by atoms with Crippen LogP contribution in [-0.2, 0) is 60.8 Å². The van der Waals surface area contributed by atoms with Crippen LogP contribution in [0.4, 0.5) is 28.9 Å². The molecule has 0 aromatic heterocycles. The average molecular weight is 1010 g/mol. The number of unbranched alkanes of at least 4 members (excludes halogenated alkanes) is 2. The van der Waals surface area contributed by atoms with E-state index in [0.717, 1.165) is 12.1 Å². The van der Waals surface area contributed by atoms with Gasteiger partial charge in [-0.1, -0.05) is 6.08 Å². The smallest absolute Gasteiger partial charge is 0.311 e. The Balaban J connectivity index is 1.51. The van der Waals surface area contributed by atoms with Gasteiger partial charge in [0.25, 0.3) is 0 Å². The first-order valence-electron chi connectivity index (χ1n) is 20.0. The third-order valence-electron chi connectivity index (χ3n) is 11.6. The normalized spacial score (nSPS) is 19.6. The molecule has 2 heterocycles. The molecule has 362 valence electrons. The largest absolute Gasteiger partial charge is 0.748 e. The van der Waals surface area contributed by atoms with Gasteiger partial charge < -0.3 is 32.6 Å². The summed E-state index contributed by atoms with van der Waals surface area (Å²) >= 11 is 0. The van der Waals surface area contributed by atoms with Crippen molar-refractivity contribution in [1.82, 2.24) is 0 Å². The van der Waals surface area contributed by atoms with E-state index in [-0.39, 0.29) is 51.7 Å².